The van der Waals surface area contributed by atoms with Gasteiger partial charge in [0, 0.05) is 10.9 Å². The summed E-state index contributed by atoms with van der Waals surface area (Å²) in [6.07, 6.45) is 3.73. The van der Waals surface area contributed by atoms with Crippen LogP contribution in [0.2, 0.25) is 0 Å². The van der Waals surface area contributed by atoms with Crippen LogP contribution < -0.4 is 5.73 Å². The van der Waals surface area contributed by atoms with Crippen molar-refractivity contribution < 1.29 is 0 Å². The fraction of sp³-hybridized carbons (Fsp3) is 0.500. The first-order valence-corrected chi connectivity index (χ1v) is 8.00. The van der Waals surface area contributed by atoms with E-state index in [0.29, 0.717) is 5.41 Å². The maximum absolute atomic E-state index is 5.74. The van der Waals surface area contributed by atoms with Crippen molar-refractivity contribution in [3.05, 3.63) is 30.3 Å². The van der Waals surface area contributed by atoms with Gasteiger partial charge >= 0.3 is 0 Å². The molecule has 2 nitrogen and oxygen atoms in total. The summed E-state index contributed by atoms with van der Waals surface area (Å²) in [6.45, 7) is 5.28. The molecule has 0 saturated heterocycles. The quantitative estimate of drug-likeness (QED) is 0.581. The molecule has 0 fully saturated rings. The van der Waals surface area contributed by atoms with Crippen LogP contribution in [0.25, 0.3) is 10.9 Å². The van der Waals surface area contributed by atoms with Gasteiger partial charge in [-0.15, -0.1) is 11.8 Å². The van der Waals surface area contributed by atoms with Gasteiger partial charge in [0.15, 0.2) is 0 Å². The zero-order valence-electron chi connectivity index (χ0n) is 11.9. The third-order valence-corrected chi connectivity index (χ3v) is 4.59. The maximum atomic E-state index is 5.74. The van der Waals surface area contributed by atoms with Crippen LogP contribution in [0.5, 0.6) is 0 Å². The van der Waals surface area contributed by atoms with Crippen molar-refractivity contribution in [2.45, 2.75) is 38.1 Å². The van der Waals surface area contributed by atoms with Gasteiger partial charge in [0.1, 0.15) is 0 Å². The molecule has 3 N–H and O–H groups in total. The van der Waals surface area contributed by atoms with Crippen molar-refractivity contribution in [1.82, 2.24) is 4.98 Å². The minimum Gasteiger partial charge on any atom is -0.350 e. The number of nitrogens with one attached hydrogen (secondary N) is 1. The first-order valence-electron chi connectivity index (χ1n) is 7.01. The van der Waals surface area contributed by atoms with E-state index < -0.39 is 0 Å². The van der Waals surface area contributed by atoms with E-state index in [4.69, 9.17) is 5.73 Å². The monoisotopic (exact) mass is 276 g/mol. The van der Waals surface area contributed by atoms with Crippen LogP contribution in [0.3, 0.4) is 0 Å². The van der Waals surface area contributed by atoms with E-state index in [1.807, 2.05) is 11.8 Å². The molecule has 0 radical (unpaired) electrons. The highest BCUT2D eigenvalue weighted by Crippen LogP contribution is 2.26. The lowest BCUT2D eigenvalue weighted by Gasteiger charge is -2.21. The van der Waals surface area contributed by atoms with Crippen molar-refractivity contribution >= 4 is 22.7 Å². The van der Waals surface area contributed by atoms with Crippen LogP contribution in [0.4, 0.5) is 0 Å². The molecule has 0 amide bonds. The summed E-state index contributed by atoms with van der Waals surface area (Å²) < 4.78 is 0. The number of aromatic amines is 1. The highest BCUT2D eigenvalue weighted by Gasteiger charge is 2.14. The summed E-state index contributed by atoms with van der Waals surface area (Å²) in [7, 11) is 0. The number of unbranched alkanes of at least 4 members (excludes halogenated alkanes) is 1. The van der Waals surface area contributed by atoms with Gasteiger partial charge in [-0.1, -0.05) is 38.5 Å². The number of aromatic nitrogens is 1. The van der Waals surface area contributed by atoms with Crippen molar-refractivity contribution in [3.63, 3.8) is 0 Å². The number of thioether (sulfide) groups is 1. The Balaban J connectivity index is 1.74. The Morgan fingerprint density at radius 2 is 2.00 bits per heavy atom. The topological polar surface area (TPSA) is 41.8 Å². The van der Waals surface area contributed by atoms with Gasteiger partial charge in [-0.05, 0) is 42.7 Å². The lowest BCUT2D eigenvalue weighted by molar-refractivity contribution is 0.336. The standard InChI is InChI=1S/C16H24N2S/c1-16(2,12-17)9-5-6-10-19-15-11-13-7-3-4-8-14(13)18-15/h3-4,7-8,11,18H,5-6,9-10,12,17H2,1-2H3. The number of nitrogens with two attached hydrogens (primary N) is 1. The smallest absolute Gasteiger partial charge is 0.0732 e. The van der Waals surface area contributed by atoms with Crippen molar-refractivity contribution in [3.8, 4) is 0 Å². The normalized spacial score (nSPS) is 12.2. The Morgan fingerprint density at radius 3 is 2.74 bits per heavy atom. The summed E-state index contributed by atoms with van der Waals surface area (Å²) in [4.78, 5) is 3.46. The van der Waals surface area contributed by atoms with Crippen LogP contribution in [0.1, 0.15) is 33.1 Å². The largest absolute Gasteiger partial charge is 0.350 e. The Bertz CT molecular complexity index is 483. The highest BCUT2D eigenvalue weighted by atomic mass is 32.2. The molecule has 0 spiro atoms. The van der Waals surface area contributed by atoms with E-state index >= 15 is 0 Å². The number of para-hydroxylation sites is 1. The zero-order valence-corrected chi connectivity index (χ0v) is 12.7. The predicted molar refractivity (Wildman–Crippen MR) is 85.7 cm³/mol. The number of hydrogen-bond acceptors (Lipinski definition) is 2. The average molecular weight is 276 g/mol. The fourth-order valence-corrected chi connectivity index (χ4v) is 3.08. The number of fused-ring (bicyclic) bond motifs is 1. The Hall–Kier alpha value is -0.930. The summed E-state index contributed by atoms with van der Waals surface area (Å²) in [6, 6.07) is 10.7. The lowest BCUT2D eigenvalue weighted by atomic mass is 9.88. The van der Waals surface area contributed by atoms with Gasteiger partial charge in [-0.2, -0.15) is 0 Å². The summed E-state index contributed by atoms with van der Waals surface area (Å²) in [5.41, 5.74) is 7.27. The minimum absolute atomic E-state index is 0.297. The van der Waals surface area contributed by atoms with Crippen LogP contribution in [-0.2, 0) is 0 Å². The SMILES string of the molecule is CC(C)(CN)CCCCSc1cc2ccccc2[nH]1. The second kappa shape index (κ2) is 6.49. The third kappa shape index (κ3) is 4.29. The Labute approximate surface area is 120 Å². The summed E-state index contributed by atoms with van der Waals surface area (Å²) in [5.74, 6) is 1.17. The molecule has 19 heavy (non-hydrogen) atoms. The molecule has 0 unspecified atom stereocenters. The maximum Gasteiger partial charge on any atom is 0.0732 e. The Kier molecular flexibility index (Phi) is 4.94. The van der Waals surface area contributed by atoms with Crippen LogP contribution in [0.15, 0.2) is 35.4 Å². The molecule has 0 bridgehead atoms. The third-order valence-electron chi connectivity index (χ3n) is 3.56. The van der Waals surface area contributed by atoms with Crippen molar-refractivity contribution in [2.75, 3.05) is 12.3 Å². The molecule has 0 atom stereocenters. The molecule has 2 aromatic rings. The van der Waals surface area contributed by atoms with E-state index in [1.165, 1.54) is 40.9 Å². The Morgan fingerprint density at radius 1 is 1.21 bits per heavy atom. The fourth-order valence-electron chi connectivity index (χ4n) is 2.11. The van der Waals surface area contributed by atoms with Crippen molar-refractivity contribution in [2.24, 2.45) is 11.1 Å². The molecule has 2 rings (SSSR count). The van der Waals surface area contributed by atoms with Crippen LogP contribution in [-0.4, -0.2) is 17.3 Å². The molecular weight excluding hydrogens is 252 g/mol. The van der Waals surface area contributed by atoms with Crippen LogP contribution >= 0.6 is 11.8 Å². The summed E-state index contributed by atoms with van der Waals surface area (Å²) in [5, 5.41) is 2.58. The highest BCUT2D eigenvalue weighted by molar-refractivity contribution is 7.99. The lowest BCUT2D eigenvalue weighted by Crippen LogP contribution is -2.23. The van der Waals surface area contributed by atoms with E-state index in [0.717, 1.165) is 6.54 Å². The second-order valence-electron chi connectivity index (χ2n) is 5.89. The van der Waals surface area contributed by atoms with Crippen molar-refractivity contribution in [1.29, 1.82) is 0 Å². The molecule has 0 aliphatic heterocycles. The number of benzene rings is 1. The predicted octanol–water partition coefficient (Wildman–Crippen LogP) is 4.42. The first kappa shape index (κ1) is 14.5. The number of H-pyrrole nitrogens is 1. The van der Waals surface area contributed by atoms with Gasteiger partial charge < -0.3 is 10.7 Å². The van der Waals surface area contributed by atoms with E-state index in [-0.39, 0.29) is 0 Å². The average Bonchev–Trinajstić information content (AvgIpc) is 2.81. The summed E-state index contributed by atoms with van der Waals surface area (Å²) >= 11 is 1.92. The van der Waals surface area contributed by atoms with Gasteiger partial charge in [0.25, 0.3) is 0 Å². The van der Waals surface area contributed by atoms with Gasteiger partial charge in [0.2, 0.25) is 0 Å². The molecule has 1 heterocycles. The zero-order chi connectivity index (χ0) is 13.7. The van der Waals surface area contributed by atoms with Gasteiger partial charge in [0.05, 0.1) is 5.03 Å². The van der Waals surface area contributed by atoms with E-state index in [1.54, 1.807) is 0 Å². The first-order chi connectivity index (χ1) is 9.11. The molecule has 104 valence electrons. The molecular formula is C16H24N2S. The minimum atomic E-state index is 0.297. The molecule has 0 saturated carbocycles. The van der Waals surface area contributed by atoms with E-state index in [9.17, 15) is 0 Å². The molecule has 0 aliphatic carbocycles. The molecule has 1 aromatic heterocycles. The second-order valence-corrected chi connectivity index (χ2v) is 7.03. The van der Waals surface area contributed by atoms with Gasteiger partial charge in [-0.3, -0.25) is 0 Å². The number of hydrogen-bond donors (Lipinski definition) is 2. The molecule has 3 heteroatoms. The van der Waals surface area contributed by atoms with Gasteiger partial charge in [-0.25, -0.2) is 0 Å². The van der Waals surface area contributed by atoms with Crippen LogP contribution in [0, 0.1) is 5.41 Å². The van der Waals surface area contributed by atoms with E-state index in [2.05, 4.69) is 49.2 Å². The number of rotatable bonds is 7. The molecule has 0 aliphatic rings. The molecule has 1 aromatic carbocycles.